The Bertz CT molecular complexity index is 242. The van der Waals surface area contributed by atoms with E-state index in [0.717, 1.165) is 19.4 Å². The van der Waals surface area contributed by atoms with E-state index in [-0.39, 0.29) is 18.1 Å². The van der Waals surface area contributed by atoms with Gasteiger partial charge in [-0.15, -0.1) is 0 Å². The Morgan fingerprint density at radius 2 is 2.12 bits per heavy atom. The van der Waals surface area contributed by atoms with Crippen LogP contribution in [0, 0.1) is 0 Å². The highest BCUT2D eigenvalue weighted by Gasteiger charge is 2.37. The second kappa shape index (κ2) is 5.64. The van der Waals surface area contributed by atoms with Gasteiger partial charge in [0, 0.05) is 6.04 Å². The molecule has 1 fully saturated rings. The summed E-state index contributed by atoms with van der Waals surface area (Å²) in [5.74, 6) is 0.265. The van der Waals surface area contributed by atoms with Crippen molar-refractivity contribution in [1.82, 2.24) is 15.1 Å². The summed E-state index contributed by atoms with van der Waals surface area (Å²) in [6.07, 6.45) is 2.08. The fourth-order valence-electron chi connectivity index (χ4n) is 2.29. The molecule has 4 heteroatoms. The molecule has 0 saturated carbocycles. The van der Waals surface area contributed by atoms with Crippen LogP contribution in [-0.2, 0) is 4.79 Å². The minimum absolute atomic E-state index is 0.0248. The van der Waals surface area contributed by atoms with Crippen molar-refractivity contribution in [3.63, 3.8) is 0 Å². The third-order valence-corrected chi connectivity index (χ3v) is 3.29. The van der Waals surface area contributed by atoms with Gasteiger partial charge in [0.1, 0.15) is 0 Å². The molecule has 0 aromatic rings. The molecular formula is C12H25N3O. The first-order valence-corrected chi connectivity index (χ1v) is 6.20. The van der Waals surface area contributed by atoms with Crippen LogP contribution in [0.4, 0.5) is 0 Å². The molecule has 4 nitrogen and oxygen atoms in total. The first kappa shape index (κ1) is 13.5. The second-order valence-corrected chi connectivity index (χ2v) is 4.99. The molecule has 0 bridgehead atoms. The number of amides is 1. The SMILES string of the molecule is CCC1NC(C)N(C(C)CCN(C)C)C1=O. The number of carbonyl (C=O) groups is 1. The number of rotatable bonds is 5. The quantitative estimate of drug-likeness (QED) is 0.757. The van der Waals surface area contributed by atoms with E-state index in [1.54, 1.807) is 0 Å². The van der Waals surface area contributed by atoms with Crippen LogP contribution in [0.2, 0.25) is 0 Å². The number of nitrogens with one attached hydrogen (secondary N) is 1. The summed E-state index contributed by atoms with van der Waals surface area (Å²) in [6.45, 7) is 7.28. The Hall–Kier alpha value is -0.610. The zero-order valence-electron chi connectivity index (χ0n) is 11.2. The summed E-state index contributed by atoms with van der Waals surface area (Å²) < 4.78 is 0. The van der Waals surface area contributed by atoms with E-state index in [0.29, 0.717) is 6.04 Å². The number of hydrogen-bond acceptors (Lipinski definition) is 3. The lowest BCUT2D eigenvalue weighted by molar-refractivity contribution is -0.131. The number of hydrogen-bond donors (Lipinski definition) is 1. The third kappa shape index (κ3) is 2.95. The van der Waals surface area contributed by atoms with E-state index in [9.17, 15) is 4.79 Å². The smallest absolute Gasteiger partial charge is 0.241 e. The average Bonchev–Trinajstić information content (AvgIpc) is 2.50. The van der Waals surface area contributed by atoms with Crippen molar-refractivity contribution in [2.24, 2.45) is 0 Å². The van der Waals surface area contributed by atoms with E-state index < -0.39 is 0 Å². The normalized spacial score (nSPS) is 27.9. The van der Waals surface area contributed by atoms with Crippen molar-refractivity contribution in [1.29, 1.82) is 0 Å². The van der Waals surface area contributed by atoms with Crippen LogP contribution < -0.4 is 5.32 Å². The molecule has 1 aliphatic heterocycles. The zero-order valence-corrected chi connectivity index (χ0v) is 11.2. The second-order valence-electron chi connectivity index (χ2n) is 4.99. The van der Waals surface area contributed by atoms with Crippen LogP contribution in [0.3, 0.4) is 0 Å². The van der Waals surface area contributed by atoms with Gasteiger partial charge in [0.2, 0.25) is 5.91 Å². The van der Waals surface area contributed by atoms with E-state index in [2.05, 4.69) is 45.1 Å². The Morgan fingerprint density at radius 1 is 1.50 bits per heavy atom. The molecule has 3 unspecified atom stereocenters. The topological polar surface area (TPSA) is 35.6 Å². The van der Waals surface area contributed by atoms with Gasteiger partial charge in [-0.1, -0.05) is 6.92 Å². The van der Waals surface area contributed by atoms with E-state index >= 15 is 0 Å². The van der Waals surface area contributed by atoms with Gasteiger partial charge < -0.3 is 9.80 Å². The van der Waals surface area contributed by atoms with Crippen LogP contribution >= 0.6 is 0 Å². The summed E-state index contributed by atoms with van der Waals surface area (Å²) in [5.41, 5.74) is 0. The molecule has 0 aliphatic carbocycles. The van der Waals surface area contributed by atoms with Crippen molar-refractivity contribution in [3.8, 4) is 0 Å². The summed E-state index contributed by atoms with van der Waals surface area (Å²) in [7, 11) is 4.13. The monoisotopic (exact) mass is 227 g/mol. The Balaban J connectivity index is 2.55. The molecule has 16 heavy (non-hydrogen) atoms. The molecule has 0 spiro atoms. The van der Waals surface area contributed by atoms with Crippen molar-refractivity contribution >= 4 is 5.91 Å². The standard InChI is InChI=1S/C12H25N3O/c1-6-11-12(16)15(10(3)13-11)9(2)7-8-14(4)5/h9-11,13H,6-8H2,1-5H3. The Morgan fingerprint density at radius 3 is 2.56 bits per heavy atom. The van der Waals surface area contributed by atoms with Crippen LogP contribution in [-0.4, -0.2) is 54.6 Å². The largest absolute Gasteiger partial charge is 0.323 e. The molecule has 1 rings (SSSR count). The molecular weight excluding hydrogens is 202 g/mol. The molecule has 3 atom stereocenters. The lowest BCUT2D eigenvalue weighted by Crippen LogP contribution is -2.42. The van der Waals surface area contributed by atoms with Gasteiger partial charge in [0.15, 0.2) is 0 Å². The minimum atomic E-state index is 0.0248. The van der Waals surface area contributed by atoms with Crippen LogP contribution in [0.25, 0.3) is 0 Å². The molecule has 1 aliphatic rings. The Kier molecular flexibility index (Phi) is 4.74. The van der Waals surface area contributed by atoms with Crippen LogP contribution in [0.5, 0.6) is 0 Å². The van der Waals surface area contributed by atoms with Crippen LogP contribution in [0.1, 0.15) is 33.6 Å². The van der Waals surface area contributed by atoms with Gasteiger partial charge in [-0.3, -0.25) is 10.1 Å². The van der Waals surface area contributed by atoms with Gasteiger partial charge >= 0.3 is 0 Å². The van der Waals surface area contributed by atoms with E-state index in [1.165, 1.54) is 0 Å². The summed E-state index contributed by atoms with van der Waals surface area (Å²) in [5, 5.41) is 3.33. The number of nitrogens with zero attached hydrogens (tertiary/aromatic N) is 2. The molecule has 1 heterocycles. The maximum Gasteiger partial charge on any atom is 0.241 e. The molecule has 1 amide bonds. The lowest BCUT2D eigenvalue weighted by atomic mass is 10.1. The summed E-state index contributed by atoms with van der Waals surface area (Å²) in [4.78, 5) is 16.2. The average molecular weight is 227 g/mol. The van der Waals surface area contributed by atoms with Crippen molar-refractivity contribution in [2.75, 3.05) is 20.6 Å². The van der Waals surface area contributed by atoms with Gasteiger partial charge in [-0.2, -0.15) is 0 Å². The first-order chi connectivity index (χ1) is 7.47. The molecule has 0 radical (unpaired) electrons. The highest BCUT2D eigenvalue weighted by Crippen LogP contribution is 2.18. The Labute approximate surface area is 99.0 Å². The fourth-order valence-corrected chi connectivity index (χ4v) is 2.29. The molecule has 0 aromatic heterocycles. The predicted molar refractivity (Wildman–Crippen MR) is 66.2 cm³/mol. The maximum absolute atomic E-state index is 12.1. The minimum Gasteiger partial charge on any atom is -0.323 e. The van der Waals surface area contributed by atoms with Gasteiger partial charge in [0.05, 0.1) is 12.2 Å². The highest BCUT2D eigenvalue weighted by atomic mass is 16.2. The van der Waals surface area contributed by atoms with Gasteiger partial charge in [-0.05, 0) is 47.3 Å². The van der Waals surface area contributed by atoms with E-state index in [1.807, 2.05) is 4.90 Å². The first-order valence-electron chi connectivity index (χ1n) is 6.20. The van der Waals surface area contributed by atoms with E-state index in [4.69, 9.17) is 0 Å². The summed E-state index contributed by atoms with van der Waals surface area (Å²) in [6, 6.07) is 0.339. The van der Waals surface area contributed by atoms with Crippen molar-refractivity contribution < 1.29 is 4.79 Å². The zero-order chi connectivity index (χ0) is 12.3. The van der Waals surface area contributed by atoms with Crippen molar-refractivity contribution in [3.05, 3.63) is 0 Å². The third-order valence-electron chi connectivity index (χ3n) is 3.29. The summed E-state index contributed by atoms with van der Waals surface area (Å²) >= 11 is 0. The maximum atomic E-state index is 12.1. The van der Waals surface area contributed by atoms with Crippen LogP contribution in [0.15, 0.2) is 0 Å². The van der Waals surface area contributed by atoms with Crippen molar-refractivity contribution in [2.45, 2.75) is 51.9 Å². The molecule has 94 valence electrons. The highest BCUT2D eigenvalue weighted by molar-refractivity contribution is 5.84. The van der Waals surface area contributed by atoms with Gasteiger partial charge in [0.25, 0.3) is 0 Å². The number of carbonyl (C=O) groups excluding carboxylic acids is 1. The molecule has 1 saturated heterocycles. The molecule has 1 N–H and O–H groups in total. The predicted octanol–water partition coefficient (Wildman–Crippen LogP) is 0.883. The van der Waals surface area contributed by atoms with Gasteiger partial charge in [-0.25, -0.2) is 0 Å². The molecule has 0 aromatic carbocycles. The fraction of sp³-hybridized carbons (Fsp3) is 0.917. The lowest BCUT2D eigenvalue weighted by Gasteiger charge is -2.29.